The van der Waals surface area contributed by atoms with Crippen LogP contribution >= 0.6 is 0 Å². The Labute approximate surface area is 147 Å². The number of methoxy groups -OCH3 is 1. The van der Waals surface area contributed by atoms with E-state index in [4.69, 9.17) is 14.2 Å². The van der Waals surface area contributed by atoms with Crippen molar-refractivity contribution < 1.29 is 23.8 Å². The lowest BCUT2D eigenvalue weighted by Crippen LogP contribution is -2.27. The maximum Gasteiger partial charge on any atom is 0.344 e. The highest BCUT2D eigenvalue weighted by atomic mass is 16.6. The summed E-state index contributed by atoms with van der Waals surface area (Å²) in [5.41, 5.74) is 2.65. The van der Waals surface area contributed by atoms with E-state index in [1.807, 2.05) is 19.9 Å². The molecule has 0 bridgehead atoms. The Morgan fingerprint density at radius 2 is 1.60 bits per heavy atom. The quantitative estimate of drug-likeness (QED) is 0.569. The molecule has 2 aromatic rings. The van der Waals surface area contributed by atoms with Crippen LogP contribution in [0.1, 0.15) is 28.4 Å². The number of hydrogen-bond donors (Lipinski definition) is 0. The zero-order valence-corrected chi connectivity index (χ0v) is 14.9. The Balaban J connectivity index is 1.88. The summed E-state index contributed by atoms with van der Waals surface area (Å²) in [7, 11) is 1.57. The fourth-order valence-corrected chi connectivity index (χ4v) is 2.23. The van der Waals surface area contributed by atoms with Crippen LogP contribution in [-0.2, 0) is 9.53 Å². The van der Waals surface area contributed by atoms with Crippen molar-refractivity contribution in [1.29, 1.82) is 0 Å². The maximum absolute atomic E-state index is 12.4. The van der Waals surface area contributed by atoms with E-state index in [1.54, 1.807) is 50.4 Å². The minimum atomic E-state index is -0.867. The molecule has 0 saturated carbocycles. The number of ketones is 1. The summed E-state index contributed by atoms with van der Waals surface area (Å²) >= 11 is 0. The number of aryl methyl sites for hydroxylation is 2. The lowest BCUT2D eigenvalue weighted by molar-refractivity contribution is -0.148. The van der Waals surface area contributed by atoms with Gasteiger partial charge in [-0.2, -0.15) is 0 Å². The summed E-state index contributed by atoms with van der Waals surface area (Å²) in [6.07, 6.45) is -0.867. The highest BCUT2D eigenvalue weighted by Crippen LogP contribution is 2.17. The number of benzene rings is 2. The topological polar surface area (TPSA) is 61.8 Å². The third-order valence-corrected chi connectivity index (χ3v) is 3.88. The molecule has 5 nitrogen and oxygen atoms in total. The van der Waals surface area contributed by atoms with Crippen LogP contribution in [0.15, 0.2) is 42.5 Å². The molecule has 0 aliphatic heterocycles. The summed E-state index contributed by atoms with van der Waals surface area (Å²) in [6.45, 7) is 5.20. The van der Waals surface area contributed by atoms with Gasteiger partial charge in [0.2, 0.25) is 5.78 Å². The van der Waals surface area contributed by atoms with Crippen LogP contribution in [0.5, 0.6) is 11.5 Å². The summed E-state index contributed by atoms with van der Waals surface area (Å²) in [4.78, 5) is 24.2. The zero-order valence-electron chi connectivity index (χ0n) is 14.9. The van der Waals surface area contributed by atoms with Crippen molar-refractivity contribution in [2.75, 3.05) is 13.7 Å². The van der Waals surface area contributed by atoms with Gasteiger partial charge in [0.25, 0.3) is 0 Å². The molecular weight excluding hydrogens is 320 g/mol. The molecule has 0 amide bonds. The SMILES string of the molecule is COc1ccc(OCC(=O)O[C@H](C)C(=O)c2ccc(C)c(C)c2)cc1. The minimum absolute atomic E-state index is 0.235. The number of carbonyl (C=O) groups is 2. The van der Waals surface area contributed by atoms with E-state index in [0.717, 1.165) is 11.1 Å². The van der Waals surface area contributed by atoms with Crippen LogP contribution in [0, 0.1) is 13.8 Å². The van der Waals surface area contributed by atoms with Gasteiger partial charge in [0, 0.05) is 5.56 Å². The number of esters is 1. The van der Waals surface area contributed by atoms with Gasteiger partial charge in [-0.15, -0.1) is 0 Å². The highest BCUT2D eigenvalue weighted by molar-refractivity contribution is 6.00. The first-order valence-electron chi connectivity index (χ1n) is 7.98. The van der Waals surface area contributed by atoms with Gasteiger partial charge in [-0.3, -0.25) is 4.79 Å². The Hall–Kier alpha value is -2.82. The second-order valence-electron chi connectivity index (χ2n) is 5.76. The molecule has 0 spiro atoms. The lowest BCUT2D eigenvalue weighted by atomic mass is 10.0. The Morgan fingerprint density at radius 3 is 2.20 bits per heavy atom. The van der Waals surface area contributed by atoms with Crippen LogP contribution in [0.4, 0.5) is 0 Å². The van der Waals surface area contributed by atoms with Gasteiger partial charge in [-0.25, -0.2) is 4.79 Å². The average molecular weight is 342 g/mol. The van der Waals surface area contributed by atoms with Crippen molar-refractivity contribution in [2.45, 2.75) is 26.9 Å². The van der Waals surface area contributed by atoms with Crippen molar-refractivity contribution in [3.8, 4) is 11.5 Å². The van der Waals surface area contributed by atoms with E-state index in [9.17, 15) is 9.59 Å². The van der Waals surface area contributed by atoms with E-state index in [2.05, 4.69) is 0 Å². The Kier molecular flexibility index (Phi) is 6.17. The first kappa shape index (κ1) is 18.5. The Morgan fingerprint density at radius 1 is 0.960 bits per heavy atom. The van der Waals surface area contributed by atoms with Crippen molar-refractivity contribution in [1.82, 2.24) is 0 Å². The normalized spacial score (nSPS) is 11.5. The van der Waals surface area contributed by atoms with Gasteiger partial charge >= 0.3 is 5.97 Å². The van der Waals surface area contributed by atoms with Crippen molar-refractivity contribution in [3.63, 3.8) is 0 Å². The fraction of sp³-hybridized carbons (Fsp3) is 0.300. The summed E-state index contributed by atoms with van der Waals surface area (Å²) in [5.74, 6) is 0.384. The summed E-state index contributed by atoms with van der Waals surface area (Å²) in [6, 6.07) is 12.3. The molecule has 5 heteroatoms. The van der Waals surface area contributed by atoms with Gasteiger partial charge < -0.3 is 14.2 Å². The highest BCUT2D eigenvalue weighted by Gasteiger charge is 2.20. The summed E-state index contributed by atoms with van der Waals surface area (Å²) in [5, 5.41) is 0. The predicted molar refractivity (Wildman–Crippen MR) is 94.3 cm³/mol. The monoisotopic (exact) mass is 342 g/mol. The van der Waals surface area contributed by atoms with Crippen LogP contribution in [-0.4, -0.2) is 31.6 Å². The second-order valence-corrected chi connectivity index (χ2v) is 5.76. The molecular formula is C20H22O5. The molecule has 0 aliphatic carbocycles. The molecule has 132 valence electrons. The standard InChI is InChI=1S/C20H22O5/c1-13-5-6-16(11-14(13)2)20(22)15(3)25-19(21)12-24-18-9-7-17(23-4)8-10-18/h5-11,15H,12H2,1-4H3/t15-/m1/s1. The van der Waals surface area contributed by atoms with Crippen molar-refractivity contribution in [2.24, 2.45) is 0 Å². The first-order valence-corrected chi connectivity index (χ1v) is 7.98. The van der Waals surface area contributed by atoms with E-state index in [-0.39, 0.29) is 12.4 Å². The van der Waals surface area contributed by atoms with Crippen molar-refractivity contribution in [3.05, 3.63) is 59.2 Å². The maximum atomic E-state index is 12.4. The third kappa shape index (κ3) is 5.08. The van der Waals surface area contributed by atoms with Crippen LogP contribution in [0.3, 0.4) is 0 Å². The van der Waals surface area contributed by atoms with Gasteiger partial charge in [-0.1, -0.05) is 12.1 Å². The molecule has 2 rings (SSSR count). The zero-order chi connectivity index (χ0) is 18.4. The van der Waals surface area contributed by atoms with Crippen LogP contribution < -0.4 is 9.47 Å². The molecule has 1 atom stereocenters. The second kappa shape index (κ2) is 8.33. The van der Waals surface area contributed by atoms with E-state index >= 15 is 0 Å². The molecule has 0 saturated heterocycles. The van der Waals surface area contributed by atoms with E-state index < -0.39 is 12.1 Å². The van der Waals surface area contributed by atoms with Crippen LogP contribution in [0.25, 0.3) is 0 Å². The van der Waals surface area contributed by atoms with Gasteiger partial charge in [0.1, 0.15) is 11.5 Å². The number of hydrogen-bond acceptors (Lipinski definition) is 5. The Bertz CT molecular complexity index is 749. The largest absolute Gasteiger partial charge is 0.497 e. The van der Waals surface area contributed by atoms with Crippen LogP contribution in [0.2, 0.25) is 0 Å². The van der Waals surface area contributed by atoms with Gasteiger partial charge in [0.15, 0.2) is 12.7 Å². The van der Waals surface area contributed by atoms with Gasteiger partial charge in [-0.05, 0) is 62.2 Å². The number of Topliss-reactive ketones (excluding diaryl/α,β-unsaturated/α-hetero) is 1. The molecule has 0 aromatic heterocycles. The van der Waals surface area contributed by atoms with Crippen molar-refractivity contribution >= 4 is 11.8 Å². The van der Waals surface area contributed by atoms with E-state index in [1.165, 1.54) is 0 Å². The molecule has 0 radical (unpaired) electrons. The molecule has 2 aromatic carbocycles. The number of rotatable bonds is 7. The molecule has 0 unspecified atom stereocenters. The molecule has 0 fully saturated rings. The predicted octanol–water partition coefficient (Wildman–Crippen LogP) is 3.51. The first-order chi connectivity index (χ1) is 11.9. The van der Waals surface area contributed by atoms with E-state index in [0.29, 0.717) is 17.1 Å². The number of ether oxygens (including phenoxy) is 3. The average Bonchev–Trinajstić information content (AvgIpc) is 2.62. The molecule has 0 N–H and O–H groups in total. The smallest absolute Gasteiger partial charge is 0.344 e. The molecule has 25 heavy (non-hydrogen) atoms. The number of carbonyl (C=O) groups excluding carboxylic acids is 2. The molecule has 0 heterocycles. The third-order valence-electron chi connectivity index (χ3n) is 3.88. The summed E-state index contributed by atoms with van der Waals surface area (Å²) < 4.78 is 15.6. The minimum Gasteiger partial charge on any atom is -0.497 e. The molecule has 0 aliphatic rings. The lowest BCUT2D eigenvalue weighted by Gasteiger charge is -2.13. The van der Waals surface area contributed by atoms with Gasteiger partial charge in [0.05, 0.1) is 7.11 Å². The fourth-order valence-electron chi connectivity index (χ4n) is 2.23.